The highest BCUT2D eigenvalue weighted by molar-refractivity contribution is 5.59. The van der Waals surface area contributed by atoms with Crippen LogP contribution < -0.4 is 4.74 Å². The molecule has 1 heteroatoms. The van der Waals surface area contributed by atoms with E-state index in [2.05, 4.69) is 49.4 Å². The van der Waals surface area contributed by atoms with Crippen LogP contribution in [0.25, 0.3) is 12.2 Å². The first-order chi connectivity index (χ1) is 9.29. The van der Waals surface area contributed by atoms with Gasteiger partial charge in [-0.2, -0.15) is 0 Å². The fourth-order valence-corrected chi connectivity index (χ4v) is 1.85. The summed E-state index contributed by atoms with van der Waals surface area (Å²) in [4.78, 5) is 0. The molecule has 0 aliphatic rings. The molecular weight excluding hydrogens is 232 g/mol. The molecule has 0 spiro atoms. The van der Waals surface area contributed by atoms with Crippen molar-refractivity contribution in [2.45, 2.75) is 6.92 Å². The van der Waals surface area contributed by atoms with Crippen LogP contribution in [-0.4, -0.2) is 7.11 Å². The van der Waals surface area contributed by atoms with Crippen molar-refractivity contribution < 1.29 is 4.74 Å². The van der Waals surface area contributed by atoms with Gasteiger partial charge in [-0.3, -0.25) is 0 Å². The summed E-state index contributed by atoms with van der Waals surface area (Å²) in [7, 11) is 1.69. The van der Waals surface area contributed by atoms with Gasteiger partial charge < -0.3 is 4.74 Å². The van der Waals surface area contributed by atoms with Crippen LogP contribution in [0.4, 0.5) is 0 Å². The molecule has 0 aliphatic carbocycles. The van der Waals surface area contributed by atoms with Crippen molar-refractivity contribution in [1.29, 1.82) is 0 Å². The summed E-state index contributed by atoms with van der Waals surface area (Å²) in [5.74, 6) is 0.898. The van der Waals surface area contributed by atoms with Crippen LogP contribution in [0.5, 0.6) is 5.75 Å². The normalized spacial score (nSPS) is 11.3. The smallest absolute Gasteiger partial charge is 0.119 e. The van der Waals surface area contributed by atoms with Crippen LogP contribution >= 0.6 is 0 Å². The molecular formula is C18H18O. The minimum Gasteiger partial charge on any atom is -0.497 e. The molecule has 2 aromatic rings. The molecule has 0 aromatic heterocycles. The number of methoxy groups -OCH3 is 1. The second-order valence-electron chi connectivity index (χ2n) is 4.35. The minimum atomic E-state index is 0.898. The predicted octanol–water partition coefficient (Wildman–Crippen LogP) is 4.73. The first-order valence-electron chi connectivity index (χ1n) is 6.34. The molecule has 0 fully saturated rings. The van der Waals surface area contributed by atoms with E-state index in [0.717, 1.165) is 5.75 Å². The summed E-state index contributed by atoms with van der Waals surface area (Å²) in [6.45, 7) is 2.09. The fraction of sp³-hybridized carbons (Fsp3) is 0.111. The van der Waals surface area contributed by atoms with E-state index < -0.39 is 0 Å². The van der Waals surface area contributed by atoms with Gasteiger partial charge >= 0.3 is 0 Å². The summed E-state index contributed by atoms with van der Waals surface area (Å²) >= 11 is 0. The summed E-state index contributed by atoms with van der Waals surface area (Å²) in [6, 6.07) is 16.4. The Morgan fingerprint density at radius 3 is 2.32 bits per heavy atom. The first kappa shape index (κ1) is 13.2. The SMILES string of the molecule is COc1ccc(/C=C/C=C/c2ccccc2)c(C)c1. The standard InChI is InChI=1S/C18H18O/c1-15-14-18(19-2)13-12-17(15)11-7-6-10-16-8-4-3-5-9-16/h3-14H,1-2H3/b10-6+,11-7+. The lowest BCUT2D eigenvalue weighted by Gasteiger charge is -2.03. The second kappa shape index (κ2) is 6.60. The lowest BCUT2D eigenvalue weighted by Crippen LogP contribution is -1.85. The van der Waals surface area contributed by atoms with E-state index >= 15 is 0 Å². The van der Waals surface area contributed by atoms with Crippen LogP contribution in [0.1, 0.15) is 16.7 Å². The summed E-state index contributed by atoms with van der Waals surface area (Å²) < 4.78 is 5.20. The van der Waals surface area contributed by atoms with Crippen LogP contribution in [0.2, 0.25) is 0 Å². The van der Waals surface area contributed by atoms with E-state index in [1.807, 2.05) is 30.3 Å². The summed E-state index contributed by atoms with van der Waals surface area (Å²) in [6.07, 6.45) is 8.31. The predicted molar refractivity (Wildman–Crippen MR) is 82.2 cm³/mol. The van der Waals surface area contributed by atoms with Crippen molar-refractivity contribution in [3.05, 3.63) is 77.4 Å². The van der Waals surface area contributed by atoms with Crippen LogP contribution in [0.3, 0.4) is 0 Å². The highest BCUT2D eigenvalue weighted by atomic mass is 16.5. The molecule has 0 radical (unpaired) electrons. The monoisotopic (exact) mass is 250 g/mol. The average Bonchev–Trinajstić information content (AvgIpc) is 2.46. The van der Waals surface area contributed by atoms with Crippen molar-refractivity contribution in [2.24, 2.45) is 0 Å². The quantitative estimate of drug-likeness (QED) is 0.713. The Hall–Kier alpha value is -2.28. The number of rotatable bonds is 4. The zero-order chi connectivity index (χ0) is 13.5. The van der Waals surface area contributed by atoms with Gasteiger partial charge in [0, 0.05) is 0 Å². The highest BCUT2D eigenvalue weighted by Crippen LogP contribution is 2.17. The molecule has 0 atom stereocenters. The second-order valence-corrected chi connectivity index (χ2v) is 4.35. The van der Waals surface area contributed by atoms with Gasteiger partial charge in [0.05, 0.1) is 7.11 Å². The average molecular weight is 250 g/mol. The summed E-state index contributed by atoms with van der Waals surface area (Å²) in [5, 5.41) is 0. The van der Waals surface area contributed by atoms with E-state index in [-0.39, 0.29) is 0 Å². The topological polar surface area (TPSA) is 9.23 Å². The largest absolute Gasteiger partial charge is 0.497 e. The molecule has 96 valence electrons. The van der Waals surface area contributed by atoms with Gasteiger partial charge in [0.15, 0.2) is 0 Å². The van der Waals surface area contributed by atoms with Crippen LogP contribution in [0.15, 0.2) is 60.7 Å². The Bertz CT molecular complexity index is 580. The molecule has 0 bridgehead atoms. The number of allylic oxidation sites excluding steroid dienone is 2. The van der Waals surface area contributed by atoms with Gasteiger partial charge in [-0.05, 0) is 35.7 Å². The third-order valence-corrected chi connectivity index (χ3v) is 2.95. The van der Waals surface area contributed by atoms with Crippen LogP contribution in [-0.2, 0) is 0 Å². The van der Waals surface area contributed by atoms with E-state index in [0.29, 0.717) is 0 Å². The zero-order valence-electron chi connectivity index (χ0n) is 11.3. The van der Waals surface area contributed by atoms with E-state index in [9.17, 15) is 0 Å². The van der Waals surface area contributed by atoms with E-state index in [4.69, 9.17) is 4.74 Å². The Morgan fingerprint density at radius 1 is 0.895 bits per heavy atom. The number of hydrogen-bond donors (Lipinski definition) is 0. The van der Waals surface area contributed by atoms with Crippen molar-refractivity contribution >= 4 is 12.2 Å². The third-order valence-electron chi connectivity index (χ3n) is 2.95. The zero-order valence-corrected chi connectivity index (χ0v) is 11.3. The molecule has 0 amide bonds. The Balaban J connectivity index is 2.05. The minimum absolute atomic E-state index is 0.898. The Kier molecular flexibility index (Phi) is 4.57. The summed E-state index contributed by atoms with van der Waals surface area (Å²) in [5.41, 5.74) is 3.63. The number of benzene rings is 2. The number of hydrogen-bond acceptors (Lipinski definition) is 1. The van der Waals surface area contributed by atoms with E-state index in [1.165, 1.54) is 16.7 Å². The van der Waals surface area contributed by atoms with Gasteiger partial charge in [0.1, 0.15) is 5.75 Å². The molecule has 0 heterocycles. The molecule has 0 N–H and O–H groups in total. The molecule has 0 saturated carbocycles. The van der Waals surface area contributed by atoms with Crippen molar-refractivity contribution in [2.75, 3.05) is 7.11 Å². The van der Waals surface area contributed by atoms with E-state index in [1.54, 1.807) is 7.11 Å². The van der Waals surface area contributed by atoms with Gasteiger partial charge in [-0.15, -0.1) is 0 Å². The first-order valence-corrected chi connectivity index (χ1v) is 6.34. The van der Waals surface area contributed by atoms with Gasteiger partial charge in [-0.25, -0.2) is 0 Å². The molecule has 1 nitrogen and oxygen atoms in total. The molecule has 2 aromatic carbocycles. The van der Waals surface area contributed by atoms with Crippen molar-refractivity contribution in [3.8, 4) is 5.75 Å². The van der Waals surface area contributed by atoms with Crippen LogP contribution in [0, 0.1) is 6.92 Å². The van der Waals surface area contributed by atoms with Crippen molar-refractivity contribution in [3.63, 3.8) is 0 Å². The maximum absolute atomic E-state index is 5.20. The number of aryl methyl sites for hydroxylation is 1. The maximum Gasteiger partial charge on any atom is 0.119 e. The molecule has 0 aliphatic heterocycles. The third kappa shape index (κ3) is 3.85. The highest BCUT2D eigenvalue weighted by Gasteiger charge is 1.95. The Labute approximate surface area is 114 Å². The van der Waals surface area contributed by atoms with Gasteiger partial charge in [0.25, 0.3) is 0 Å². The molecule has 19 heavy (non-hydrogen) atoms. The maximum atomic E-state index is 5.20. The van der Waals surface area contributed by atoms with Gasteiger partial charge in [-0.1, -0.05) is 60.7 Å². The van der Waals surface area contributed by atoms with Gasteiger partial charge in [0.2, 0.25) is 0 Å². The lowest BCUT2D eigenvalue weighted by molar-refractivity contribution is 0.414. The molecule has 0 unspecified atom stereocenters. The lowest BCUT2D eigenvalue weighted by atomic mass is 10.1. The molecule has 0 saturated heterocycles. The Morgan fingerprint density at radius 2 is 1.63 bits per heavy atom. The number of ether oxygens (including phenoxy) is 1. The fourth-order valence-electron chi connectivity index (χ4n) is 1.85. The molecule has 2 rings (SSSR count). The van der Waals surface area contributed by atoms with Crippen molar-refractivity contribution in [1.82, 2.24) is 0 Å².